The van der Waals surface area contributed by atoms with Crippen LogP contribution in [-0.4, -0.2) is 22.1 Å². The molecule has 0 unspecified atom stereocenters. The highest BCUT2D eigenvalue weighted by atomic mass is 32.1. The van der Waals surface area contributed by atoms with E-state index in [1.807, 2.05) is 30.5 Å². The molecule has 4 rings (SSSR count). The Morgan fingerprint density at radius 3 is 2.70 bits per heavy atom. The molecule has 3 heterocycles. The predicted molar refractivity (Wildman–Crippen MR) is 120 cm³/mol. The molecule has 0 saturated heterocycles. The van der Waals surface area contributed by atoms with Crippen LogP contribution in [0.4, 0.5) is 5.69 Å². The van der Waals surface area contributed by atoms with Crippen molar-refractivity contribution in [1.82, 2.24) is 9.55 Å². The summed E-state index contributed by atoms with van der Waals surface area (Å²) >= 11 is 1.60. The fourth-order valence-electron chi connectivity index (χ4n) is 3.23. The van der Waals surface area contributed by atoms with Gasteiger partial charge in [0.05, 0.1) is 35.3 Å². The number of aryl methyl sites for hydroxylation is 1. The number of pyridine rings is 2. The molecule has 0 aliphatic rings. The van der Waals surface area contributed by atoms with Crippen LogP contribution in [0.1, 0.15) is 27.9 Å². The lowest BCUT2D eigenvalue weighted by atomic mass is 10.1. The van der Waals surface area contributed by atoms with Gasteiger partial charge in [-0.1, -0.05) is 6.07 Å². The number of nitrogens with zero attached hydrogens (tertiary/aromatic N) is 2. The van der Waals surface area contributed by atoms with Crippen LogP contribution in [0.2, 0.25) is 0 Å². The molecular weight excluding hydrogens is 398 g/mol. The van der Waals surface area contributed by atoms with E-state index in [-0.39, 0.29) is 11.5 Å². The van der Waals surface area contributed by atoms with Gasteiger partial charge in [-0.2, -0.15) is 0 Å². The van der Waals surface area contributed by atoms with Gasteiger partial charge in [0, 0.05) is 16.8 Å². The van der Waals surface area contributed by atoms with Gasteiger partial charge in [-0.25, -0.2) is 0 Å². The third kappa shape index (κ3) is 4.11. The van der Waals surface area contributed by atoms with Crippen LogP contribution in [0.5, 0.6) is 5.75 Å². The summed E-state index contributed by atoms with van der Waals surface area (Å²) in [6, 6.07) is 14.5. The maximum atomic E-state index is 13.0. The van der Waals surface area contributed by atoms with E-state index in [2.05, 4.69) is 10.3 Å². The van der Waals surface area contributed by atoms with Gasteiger partial charge in [0.1, 0.15) is 5.75 Å². The number of carbonyl (C=O) groups excluding carboxylic acids is 1. The Balaban J connectivity index is 1.64. The standard InChI is InChI=1S/C23H21N3O3S/c1-3-29-17-8-6-16(7-9-17)25-22(27)19-13-20-21(24-15(19)2)10-11-26(23(20)28)14-18-5-4-12-30-18/h4-13H,3,14H2,1-2H3,(H,25,27). The van der Waals surface area contributed by atoms with Gasteiger partial charge in [-0.15, -0.1) is 11.3 Å². The Hall–Kier alpha value is -3.45. The summed E-state index contributed by atoms with van der Waals surface area (Å²) in [5.74, 6) is 0.435. The van der Waals surface area contributed by atoms with Crippen LogP contribution in [-0.2, 0) is 6.54 Å². The lowest BCUT2D eigenvalue weighted by Gasteiger charge is -2.11. The molecule has 6 nitrogen and oxygen atoms in total. The smallest absolute Gasteiger partial charge is 0.260 e. The highest BCUT2D eigenvalue weighted by Gasteiger charge is 2.15. The third-order valence-electron chi connectivity index (χ3n) is 4.72. The van der Waals surface area contributed by atoms with Gasteiger partial charge < -0.3 is 14.6 Å². The Morgan fingerprint density at radius 2 is 2.00 bits per heavy atom. The van der Waals surface area contributed by atoms with Crippen LogP contribution >= 0.6 is 11.3 Å². The van der Waals surface area contributed by atoms with Crippen molar-refractivity contribution in [3.63, 3.8) is 0 Å². The molecule has 7 heteroatoms. The molecule has 0 bridgehead atoms. The fraction of sp³-hybridized carbons (Fsp3) is 0.174. The van der Waals surface area contributed by atoms with Crippen LogP contribution < -0.4 is 15.6 Å². The normalized spacial score (nSPS) is 10.9. The number of ether oxygens (including phenoxy) is 1. The van der Waals surface area contributed by atoms with E-state index in [0.717, 1.165) is 10.6 Å². The molecule has 0 fully saturated rings. The Bertz CT molecular complexity index is 1250. The van der Waals surface area contributed by atoms with Crippen LogP contribution in [0, 0.1) is 6.92 Å². The zero-order chi connectivity index (χ0) is 21.1. The number of benzene rings is 1. The average molecular weight is 420 g/mol. The molecule has 1 amide bonds. The van der Waals surface area contributed by atoms with E-state index in [9.17, 15) is 9.59 Å². The monoisotopic (exact) mass is 419 g/mol. The summed E-state index contributed by atoms with van der Waals surface area (Å²) in [6.07, 6.45) is 1.75. The molecule has 0 atom stereocenters. The third-order valence-corrected chi connectivity index (χ3v) is 5.58. The molecule has 4 aromatic rings. The molecule has 1 aromatic carbocycles. The van der Waals surface area contributed by atoms with Crippen LogP contribution in [0.3, 0.4) is 0 Å². The van der Waals surface area contributed by atoms with Crippen molar-refractivity contribution in [2.45, 2.75) is 20.4 Å². The van der Waals surface area contributed by atoms with Crippen molar-refractivity contribution in [2.75, 3.05) is 11.9 Å². The summed E-state index contributed by atoms with van der Waals surface area (Å²) in [5, 5.41) is 5.27. The second-order valence-electron chi connectivity index (χ2n) is 6.79. The molecule has 30 heavy (non-hydrogen) atoms. The van der Waals surface area contributed by atoms with E-state index in [1.165, 1.54) is 0 Å². The molecule has 0 radical (unpaired) electrons. The number of anilines is 1. The number of nitrogens with one attached hydrogen (secondary N) is 1. The van der Waals surface area contributed by atoms with Crippen LogP contribution in [0.25, 0.3) is 10.9 Å². The van der Waals surface area contributed by atoms with Crippen molar-refractivity contribution >= 4 is 33.8 Å². The van der Waals surface area contributed by atoms with E-state index in [0.29, 0.717) is 41.0 Å². The Kier molecular flexibility index (Phi) is 5.63. The lowest BCUT2D eigenvalue weighted by molar-refractivity contribution is 0.102. The first-order valence-electron chi connectivity index (χ1n) is 9.62. The predicted octanol–water partition coefficient (Wildman–Crippen LogP) is 4.47. The summed E-state index contributed by atoms with van der Waals surface area (Å²) in [5.41, 5.74) is 2.01. The number of hydrogen-bond acceptors (Lipinski definition) is 5. The minimum absolute atomic E-state index is 0.163. The van der Waals surface area contributed by atoms with E-state index in [4.69, 9.17) is 4.74 Å². The quantitative estimate of drug-likeness (QED) is 0.501. The number of amides is 1. The summed E-state index contributed by atoms with van der Waals surface area (Å²) in [4.78, 5) is 31.4. The second kappa shape index (κ2) is 8.51. The minimum atomic E-state index is -0.306. The summed E-state index contributed by atoms with van der Waals surface area (Å²) in [6.45, 7) is 4.76. The number of aromatic nitrogens is 2. The number of rotatable bonds is 6. The lowest BCUT2D eigenvalue weighted by Crippen LogP contribution is -2.21. The van der Waals surface area contributed by atoms with E-state index in [1.54, 1.807) is 59.4 Å². The Labute approximate surface area is 177 Å². The zero-order valence-electron chi connectivity index (χ0n) is 16.7. The topological polar surface area (TPSA) is 73.2 Å². The van der Waals surface area contributed by atoms with E-state index < -0.39 is 0 Å². The number of thiophene rings is 1. The highest BCUT2D eigenvalue weighted by Crippen LogP contribution is 2.19. The van der Waals surface area contributed by atoms with Crippen molar-refractivity contribution in [3.8, 4) is 5.75 Å². The first kappa shape index (κ1) is 19.8. The molecule has 0 spiro atoms. The van der Waals surface area contributed by atoms with Gasteiger partial charge in [0.15, 0.2) is 0 Å². The maximum Gasteiger partial charge on any atom is 0.260 e. The van der Waals surface area contributed by atoms with Crippen molar-refractivity contribution < 1.29 is 9.53 Å². The number of carbonyl (C=O) groups is 1. The fourth-order valence-corrected chi connectivity index (χ4v) is 3.93. The van der Waals surface area contributed by atoms with Gasteiger partial charge >= 0.3 is 0 Å². The van der Waals surface area contributed by atoms with Gasteiger partial charge in [0.2, 0.25) is 0 Å². The largest absolute Gasteiger partial charge is 0.494 e. The Morgan fingerprint density at radius 1 is 1.20 bits per heavy atom. The molecule has 0 saturated carbocycles. The summed E-state index contributed by atoms with van der Waals surface area (Å²) in [7, 11) is 0. The average Bonchev–Trinajstić information content (AvgIpc) is 3.25. The van der Waals surface area contributed by atoms with Gasteiger partial charge in [0.25, 0.3) is 11.5 Å². The molecule has 0 aliphatic heterocycles. The second-order valence-corrected chi connectivity index (χ2v) is 7.83. The summed E-state index contributed by atoms with van der Waals surface area (Å²) < 4.78 is 7.06. The van der Waals surface area contributed by atoms with Gasteiger partial charge in [-0.05, 0) is 61.7 Å². The first-order valence-corrected chi connectivity index (χ1v) is 10.5. The molecule has 152 valence electrons. The van der Waals surface area contributed by atoms with E-state index >= 15 is 0 Å². The number of fused-ring (bicyclic) bond motifs is 1. The molecule has 3 aromatic heterocycles. The molecule has 0 aliphatic carbocycles. The zero-order valence-corrected chi connectivity index (χ0v) is 17.5. The first-order chi connectivity index (χ1) is 14.5. The number of hydrogen-bond donors (Lipinski definition) is 1. The SMILES string of the molecule is CCOc1ccc(NC(=O)c2cc3c(=O)n(Cc4cccs4)ccc3nc2C)cc1. The van der Waals surface area contributed by atoms with Crippen molar-refractivity contribution in [2.24, 2.45) is 0 Å². The van der Waals surface area contributed by atoms with Crippen LogP contribution in [0.15, 0.2) is 64.9 Å². The minimum Gasteiger partial charge on any atom is -0.494 e. The molecule has 1 N–H and O–H groups in total. The van der Waals surface area contributed by atoms with Crippen molar-refractivity contribution in [1.29, 1.82) is 0 Å². The highest BCUT2D eigenvalue weighted by molar-refractivity contribution is 7.09. The van der Waals surface area contributed by atoms with Gasteiger partial charge in [-0.3, -0.25) is 14.6 Å². The molecular formula is C23H21N3O3S. The van der Waals surface area contributed by atoms with Crippen molar-refractivity contribution in [3.05, 3.63) is 86.6 Å². The maximum absolute atomic E-state index is 13.0.